The minimum absolute atomic E-state index is 0.0928. The topological polar surface area (TPSA) is 73.0 Å². The lowest BCUT2D eigenvalue weighted by atomic mass is 9.85. The number of aromatic nitrogens is 2. The highest BCUT2D eigenvalue weighted by Gasteiger charge is 2.41. The van der Waals surface area contributed by atoms with Crippen LogP contribution in [0.4, 0.5) is 18.9 Å². The molecule has 9 heteroatoms. The van der Waals surface area contributed by atoms with Gasteiger partial charge in [0.2, 0.25) is 0 Å². The Kier molecular flexibility index (Phi) is 4.81. The van der Waals surface area contributed by atoms with Crippen LogP contribution in [0.3, 0.4) is 0 Å². The van der Waals surface area contributed by atoms with Crippen molar-refractivity contribution in [2.24, 2.45) is 5.92 Å². The van der Waals surface area contributed by atoms with E-state index in [9.17, 15) is 23.3 Å². The lowest BCUT2D eigenvalue weighted by molar-refractivity contribution is -0.385. The van der Waals surface area contributed by atoms with Crippen LogP contribution in [0.2, 0.25) is 0 Å². The first-order valence-corrected chi connectivity index (χ1v) is 6.83. The van der Waals surface area contributed by atoms with Crippen molar-refractivity contribution in [1.82, 2.24) is 15.1 Å². The number of rotatable bonds is 5. The summed E-state index contributed by atoms with van der Waals surface area (Å²) in [5.74, 6) is -1.23. The van der Waals surface area contributed by atoms with Crippen molar-refractivity contribution >= 4 is 5.69 Å². The van der Waals surface area contributed by atoms with Crippen molar-refractivity contribution in [2.75, 3.05) is 6.54 Å². The Morgan fingerprint density at radius 3 is 2.86 bits per heavy atom. The third kappa shape index (κ3) is 4.42. The first kappa shape index (κ1) is 15.7. The smallest absolute Gasteiger partial charge is 0.312 e. The third-order valence-electron chi connectivity index (χ3n) is 3.74. The molecule has 1 aromatic rings. The van der Waals surface area contributed by atoms with E-state index in [1.165, 1.54) is 10.9 Å². The molecule has 1 heterocycles. The molecule has 1 aliphatic rings. The Balaban J connectivity index is 1.76. The van der Waals surface area contributed by atoms with Crippen LogP contribution in [0.5, 0.6) is 0 Å². The van der Waals surface area contributed by atoms with Crippen LogP contribution in [0.1, 0.15) is 25.7 Å². The zero-order chi connectivity index (χ0) is 15.5. The van der Waals surface area contributed by atoms with E-state index in [-0.39, 0.29) is 24.6 Å². The maximum absolute atomic E-state index is 12.7. The van der Waals surface area contributed by atoms with Gasteiger partial charge in [0.05, 0.1) is 17.4 Å². The molecule has 1 fully saturated rings. The van der Waals surface area contributed by atoms with Crippen LogP contribution in [0, 0.1) is 16.0 Å². The molecular formula is C12H17F3N4O2. The van der Waals surface area contributed by atoms with Crippen LogP contribution in [-0.4, -0.2) is 33.5 Å². The number of halogens is 3. The molecule has 2 atom stereocenters. The van der Waals surface area contributed by atoms with E-state index in [0.29, 0.717) is 19.5 Å². The minimum atomic E-state index is -4.12. The average Bonchev–Trinajstić information content (AvgIpc) is 2.87. The summed E-state index contributed by atoms with van der Waals surface area (Å²) in [5, 5.41) is 17.4. The van der Waals surface area contributed by atoms with Gasteiger partial charge in [-0.15, -0.1) is 0 Å². The van der Waals surface area contributed by atoms with E-state index in [0.717, 1.165) is 12.6 Å². The molecule has 0 amide bonds. The van der Waals surface area contributed by atoms with Crippen molar-refractivity contribution in [3.8, 4) is 0 Å². The highest BCUT2D eigenvalue weighted by molar-refractivity contribution is 5.20. The molecule has 0 saturated heterocycles. The molecule has 6 nitrogen and oxygen atoms in total. The summed E-state index contributed by atoms with van der Waals surface area (Å²) in [5.41, 5.74) is -0.0928. The van der Waals surface area contributed by atoms with Gasteiger partial charge in [-0.2, -0.15) is 18.3 Å². The van der Waals surface area contributed by atoms with Crippen LogP contribution in [0.15, 0.2) is 12.4 Å². The molecule has 0 radical (unpaired) electrons. The van der Waals surface area contributed by atoms with Gasteiger partial charge in [0.25, 0.3) is 0 Å². The molecule has 1 N–H and O–H groups in total. The zero-order valence-electron chi connectivity index (χ0n) is 11.3. The summed E-state index contributed by atoms with van der Waals surface area (Å²) in [6.45, 7) is 0.828. The SMILES string of the molecule is O=[N+]([O-])c1cnn(CCN[C@@H]2CCC[C@H](C(F)(F)F)C2)c1. The Morgan fingerprint density at radius 1 is 1.48 bits per heavy atom. The molecule has 0 unspecified atom stereocenters. The van der Waals surface area contributed by atoms with Gasteiger partial charge in [-0.25, -0.2) is 0 Å². The summed E-state index contributed by atoms with van der Waals surface area (Å²) < 4.78 is 39.4. The first-order chi connectivity index (χ1) is 9.86. The van der Waals surface area contributed by atoms with Crippen molar-refractivity contribution in [2.45, 2.75) is 44.4 Å². The largest absolute Gasteiger partial charge is 0.391 e. The van der Waals surface area contributed by atoms with Gasteiger partial charge in [-0.1, -0.05) is 6.42 Å². The summed E-state index contributed by atoms with van der Waals surface area (Å²) in [6, 6.07) is -0.157. The fourth-order valence-electron chi connectivity index (χ4n) is 2.62. The molecule has 1 aromatic heterocycles. The maximum atomic E-state index is 12.7. The molecule has 0 aromatic carbocycles. The van der Waals surface area contributed by atoms with Crippen LogP contribution in [0.25, 0.3) is 0 Å². The first-order valence-electron chi connectivity index (χ1n) is 6.83. The third-order valence-corrected chi connectivity index (χ3v) is 3.74. The zero-order valence-corrected chi connectivity index (χ0v) is 11.3. The number of nitro groups is 1. The normalized spacial score (nSPS) is 23.2. The van der Waals surface area contributed by atoms with Crippen LogP contribution in [-0.2, 0) is 6.54 Å². The summed E-state index contributed by atoms with van der Waals surface area (Å²) in [4.78, 5) is 9.96. The predicted molar refractivity (Wildman–Crippen MR) is 68.7 cm³/mol. The van der Waals surface area contributed by atoms with Gasteiger partial charge in [-0.3, -0.25) is 14.8 Å². The number of hydrogen-bond donors (Lipinski definition) is 1. The Labute approximate surface area is 119 Å². The molecule has 1 saturated carbocycles. The van der Waals surface area contributed by atoms with E-state index in [1.807, 2.05) is 0 Å². The Morgan fingerprint density at radius 2 is 2.24 bits per heavy atom. The average molecular weight is 306 g/mol. The Bertz CT molecular complexity index is 489. The van der Waals surface area contributed by atoms with Crippen LogP contribution < -0.4 is 5.32 Å². The molecule has 118 valence electrons. The Hall–Kier alpha value is -1.64. The molecule has 0 bridgehead atoms. The molecule has 0 aliphatic heterocycles. The summed E-state index contributed by atoms with van der Waals surface area (Å²) in [7, 11) is 0. The van der Waals surface area contributed by atoms with E-state index in [1.54, 1.807) is 0 Å². The highest BCUT2D eigenvalue weighted by Crippen LogP contribution is 2.37. The van der Waals surface area contributed by atoms with Gasteiger partial charge in [0, 0.05) is 12.6 Å². The van der Waals surface area contributed by atoms with Gasteiger partial charge in [-0.05, 0) is 19.3 Å². The van der Waals surface area contributed by atoms with E-state index >= 15 is 0 Å². The van der Waals surface area contributed by atoms with Crippen molar-refractivity contribution < 1.29 is 18.1 Å². The summed E-state index contributed by atoms with van der Waals surface area (Å²) >= 11 is 0. The number of alkyl halides is 3. The molecule has 21 heavy (non-hydrogen) atoms. The van der Waals surface area contributed by atoms with E-state index < -0.39 is 17.0 Å². The molecular weight excluding hydrogens is 289 g/mol. The van der Waals surface area contributed by atoms with Gasteiger partial charge in [0.1, 0.15) is 12.4 Å². The fraction of sp³-hybridized carbons (Fsp3) is 0.750. The monoisotopic (exact) mass is 306 g/mol. The number of nitrogens with zero attached hydrogens (tertiary/aromatic N) is 3. The predicted octanol–water partition coefficient (Wildman–Crippen LogP) is 2.50. The van der Waals surface area contributed by atoms with Gasteiger partial charge < -0.3 is 5.32 Å². The second kappa shape index (κ2) is 6.42. The molecule has 0 spiro atoms. The molecule has 2 rings (SSSR count). The molecule has 1 aliphatic carbocycles. The highest BCUT2D eigenvalue weighted by atomic mass is 19.4. The van der Waals surface area contributed by atoms with Gasteiger partial charge in [0.15, 0.2) is 0 Å². The van der Waals surface area contributed by atoms with Crippen LogP contribution >= 0.6 is 0 Å². The minimum Gasteiger partial charge on any atom is -0.312 e. The number of hydrogen-bond acceptors (Lipinski definition) is 4. The fourth-order valence-corrected chi connectivity index (χ4v) is 2.62. The van der Waals surface area contributed by atoms with E-state index in [2.05, 4.69) is 10.4 Å². The van der Waals surface area contributed by atoms with Crippen molar-refractivity contribution in [1.29, 1.82) is 0 Å². The quantitative estimate of drug-likeness (QED) is 0.670. The van der Waals surface area contributed by atoms with Crippen molar-refractivity contribution in [3.63, 3.8) is 0 Å². The second-order valence-electron chi connectivity index (χ2n) is 5.27. The summed E-state index contributed by atoms with van der Waals surface area (Å²) in [6.07, 6.45) is -0.0684. The second-order valence-corrected chi connectivity index (χ2v) is 5.27. The standard InChI is InChI=1S/C12H17F3N4O2/c13-12(14,15)9-2-1-3-10(6-9)16-4-5-18-8-11(7-17-18)19(20)21/h7-10,16H,1-6H2/t9-,10+/m0/s1. The number of nitrogens with one attached hydrogen (secondary N) is 1. The lowest BCUT2D eigenvalue weighted by Gasteiger charge is -2.31. The maximum Gasteiger partial charge on any atom is 0.391 e. The lowest BCUT2D eigenvalue weighted by Crippen LogP contribution is -2.39. The van der Waals surface area contributed by atoms with Crippen molar-refractivity contribution in [3.05, 3.63) is 22.5 Å². The van der Waals surface area contributed by atoms with Gasteiger partial charge >= 0.3 is 11.9 Å². The van der Waals surface area contributed by atoms with E-state index in [4.69, 9.17) is 0 Å².